The van der Waals surface area contributed by atoms with Gasteiger partial charge < -0.3 is 4.90 Å². The molecule has 0 atom stereocenters. The highest BCUT2D eigenvalue weighted by molar-refractivity contribution is 8.00. The molecule has 1 aromatic rings. The highest BCUT2D eigenvalue weighted by Gasteiger charge is 2.26. The SMILES string of the molecule is Cc1nc(Cl)nc(Cl)c1CCN1CCSC(C)(C)C1. The van der Waals surface area contributed by atoms with Gasteiger partial charge in [0.2, 0.25) is 5.28 Å². The maximum absolute atomic E-state index is 6.15. The molecule has 1 fully saturated rings. The first-order chi connectivity index (χ1) is 8.87. The van der Waals surface area contributed by atoms with Crippen molar-refractivity contribution in [1.82, 2.24) is 14.9 Å². The molecule has 2 heterocycles. The number of hydrogen-bond donors (Lipinski definition) is 0. The first-order valence-electron chi connectivity index (χ1n) is 6.42. The Labute approximate surface area is 129 Å². The van der Waals surface area contributed by atoms with Crippen molar-refractivity contribution in [2.75, 3.05) is 25.4 Å². The summed E-state index contributed by atoms with van der Waals surface area (Å²) < 4.78 is 0.341. The third-order valence-electron chi connectivity index (χ3n) is 3.32. The zero-order chi connectivity index (χ0) is 14.0. The Kier molecular flexibility index (Phi) is 4.99. The smallest absolute Gasteiger partial charge is 0.224 e. The Hall–Kier alpha value is -0.0300. The van der Waals surface area contributed by atoms with Gasteiger partial charge in [-0.1, -0.05) is 11.6 Å². The summed E-state index contributed by atoms with van der Waals surface area (Å²) in [4.78, 5) is 10.7. The third kappa shape index (κ3) is 4.22. The maximum Gasteiger partial charge on any atom is 0.224 e. The molecule has 0 aromatic carbocycles. The molecule has 0 N–H and O–H groups in total. The first-order valence-corrected chi connectivity index (χ1v) is 8.16. The molecule has 0 amide bonds. The van der Waals surface area contributed by atoms with Gasteiger partial charge in [-0.3, -0.25) is 0 Å². The topological polar surface area (TPSA) is 29.0 Å². The van der Waals surface area contributed by atoms with Gasteiger partial charge in [-0.05, 0) is 38.8 Å². The lowest BCUT2D eigenvalue weighted by atomic mass is 10.1. The molecule has 1 aromatic heterocycles. The van der Waals surface area contributed by atoms with E-state index < -0.39 is 0 Å². The number of hydrogen-bond acceptors (Lipinski definition) is 4. The molecule has 0 bridgehead atoms. The van der Waals surface area contributed by atoms with Crippen LogP contribution in [-0.2, 0) is 6.42 Å². The summed E-state index contributed by atoms with van der Waals surface area (Å²) >= 11 is 14.0. The lowest BCUT2D eigenvalue weighted by molar-refractivity contribution is 0.263. The van der Waals surface area contributed by atoms with Gasteiger partial charge in [-0.2, -0.15) is 11.8 Å². The van der Waals surface area contributed by atoms with E-state index in [1.807, 2.05) is 18.7 Å². The van der Waals surface area contributed by atoms with Crippen molar-refractivity contribution < 1.29 is 0 Å². The zero-order valence-corrected chi connectivity index (χ0v) is 13.9. The van der Waals surface area contributed by atoms with Crippen LogP contribution in [0.25, 0.3) is 0 Å². The normalized spacial score (nSPS) is 19.6. The van der Waals surface area contributed by atoms with Gasteiger partial charge in [0, 0.05) is 41.4 Å². The van der Waals surface area contributed by atoms with E-state index in [4.69, 9.17) is 23.2 Å². The fourth-order valence-electron chi connectivity index (χ4n) is 2.39. The lowest BCUT2D eigenvalue weighted by Gasteiger charge is -2.37. The van der Waals surface area contributed by atoms with Crippen molar-refractivity contribution in [2.45, 2.75) is 31.9 Å². The summed E-state index contributed by atoms with van der Waals surface area (Å²) in [5.41, 5.74) is 1.90. The third-order valence-corrected chi connectivity index (χ3v) is 5.10. The van der Waals surface area contributed by atoms with Crippen molar-refractivity contribution in [3.05, 3.63) is 21.7 Å². The molecule has 6 heteroatoms. The van der Waals surface area contributed by atoms with Crippen LogP contribution in [0.3, 0.4) is 0 Å². The summed E-state index contributed by atoms with van der Waals surface area (Å²) in [6, 6.07) is 0. The maximum atomic E-state index is 6.15. The minimum atomic E-state index is 0.224. The van der Waals surface area contributed by atoms with Crippen LogP contribution in [0.5, 0.6) is 0 Å². The van der Waals surface area contributed by atoms with Crippen molar-refractivity contribution in [3.8, 4) is 0 Å². The monoisotopic (exact) mass is 319 g/mol. The van der Waals surface area contributed by atoms with E-state index in [0.717, 1.165) is 37.3 Å². The Morgan fingerprint density at radius 3 is 2.68 bits per heavy atom. The zero-order valence-electron chi connectivity index (χ0n) is 11.5. The Morgan fingerprint density at radius 2 is 2.05 bits per heavy atom. The highest BCUT2D eigenvalue weighted by Crippen LogP contribution is 2.29. The van der Waals surface area contributed by atoms with Crippen LogP contribution in [0.1, 0.15) is 25.1 Å². The van der Waals surface area contributed by atoms with E-state index in [-0.39, 0.29) is 5.28 Å². The number of thioether (sulfide) groups is 1. The average molecular weight is 320 g/mol. The van der Waals surface area contributed by atoms with Crippen molar-refractivity contribution in [2.24, 2.45) is 0 Å². The molecule has 0 aliphatic carbocycles. The fourth-order valence-corrected chi connectivity index (χ4v) is 4.13. The van der Waals surface area contributed by atoms with Gasteiger partial charge in [0.05, 0.1) is 0 Å². The number of halogens is 2. The standard InChI is InChI=1S/C13H19Cl2N3S/c1-9-10(11(14)17-12(15)16-9)4-5-18-6-7-19-13(2,3)8-18/h4-8H2,1-3H3. The Balaban J connectivity index is 1.99. The van der Waals surface area contributed by atoms with E-state index in [9.17, 15) is 0 Å². The van der Waals surface area contributed by atoms with Gasteiger partial charge in [0.1, 0.15) is 5.15 Å². The molecule has 106 valence electrons. The van der Waals surface area contributed by atoms with Gasteiger partial charge in [-0.15, -0.1) is 0 Å². The summed E-state index contributed by atoms with van der Waals surface area (Å²) in [5.74, 6) is 1.19. The van der Waals surface area contributed by atoms with Crippen molar-refractivity contribution in [1.29, 1.82) is 0 Å². The lowest BCUT2D eigenvalue weighted by Crippen LogP contribution is -2.43. The van der Waals surface area contributed by atoms with Crippen LogP contribution >= 0.6 is 35.0 Å². The predicted octanol–water partition coefficient (Wildman–Crippen LogP) is 3.46. The van der Waals surface area contributed by atoms with Crippen LogP contribution in [0.2, 0.25) is 10.4 Å². The van der Waals surface area contributed by atoms with Crippen LogP contribution in [0.4, 0.5) is 0 Å². The summed E-state index contributed by atoms with van der Waals surface area (Å²) in [7, 11) is 0. The number of rotatable bonds is 3. The summed E-state index contributed by atoms with van der Waals surface area (Å²) in [6.07, 6.45) is 0.878. The summed E-state index contributed by atoms with van der Waals surface area (Å²) in [5, 5.41) is 0.713. The van der Waals surface area contributed by atoms with Crippen molar-refractivity contribution >= 4 is 35.0 Å². The molecule has 3 nitrogen and oxygen atoms in total. The van der Waals surface area contributed by atoms with Crippen molar-refractivity contribution in [3.63, 3.8) is 0 Å². The van der Waals surface area contributed by atoms with Gasteiger partial charge in [0.25, 0.3) is 0 Å². The van der Waals surface area contributed by atoms with E-state index in [1.165, 1.54) is 5.75 Å². The molecule has 1 aliphatic rings. The van der Waals surface area contributed by atoms with E-state index in [2.05, 4.69) is 28.7 Å². The second-order valence-corrected chi connectivity index (χ2v) is 7.98. The molecule has 0 saturated carbocycles. The fraction of sp³-hybridized carbons (Fsp3) is 0.692. The number of aromatic nitrogens is 2. The predicted molar refractivity (Wildman–Crippen MR) is 83.5 cm³/mol. The molecule has 1 saturated heterocycles. The minimum absolute atomic E-state index is 0.224. The molecule has 1 aliphatic heterocycles. The molecule has 19 heavy (non-hydrogen) atoms. The molecular formula is C13H19Cl2N3S. The van der Waals surface area contributed by atoms with Crippen LogP contribution < -0.4 is 0 Å². The van der Waals surface area contributed by atoms with Crippen LogP contribution in [0, 0.1) is 6.92 Å². The average Bonchev–Trinajstić information content (AvgIpc) is 2.26. The van der Waals surface area contributed by atoms with Gasteiger partial charge in [0.15, 0.2) is 0 Å². The largest absolute Gasteiger partial charge is 0.301 e. The number of aryl methyl sites for hydroxylation is 1. The summed E-state index contributed by atoms with van der Waals surface area (Å²) in [6.45, 7) is 9.78. The number of nitrogens with zero attached hydrogens (tertiary/aromatic N) is 3. The Morgan fingerprint density at radius 1 is 1.32 bits per heavy atom. The van der Waals surface area contributed by atoms with Gasteiger partial charge in [-0.25, -0.2) is 9.97 Å². The second kappa shape index (κ2) is 6.17. The molecule has 0 spiro atoms. The first kappa shape index (κ1) is 15.4. The van der Waals surface area contributed by atoms with Crippen LogP contribution in [0.15, 0.2) is 0 Å². The van der Waals surface area contributed by atoms with Gasteiger partial charge >= 0.3 is 0 Å². The van der Waals surface area contributed by atoms with E-state index in [1.54, 1.807) is 0 Å². The molecule has 0 unspecified atom stereocenters. The molecule has 2 rings (SSSR count). The quantitative estimate of drug-likeness (QED) is 0.630. The van der Waals surface area contributed by atoms with E-state index >= 15 is 0 Å². The second-order valence-electron chi connectivity index (χ2n) is 5.48. The van der Waals surface area contributed by atoms with Crippen LogP contribution in [-0.4, -0.2) is 45.0 Å². The molecule has 0 radical (unpaired) electrons. The van der Waals surface area contributed by atoms with E-state index in [0.29, 0.717) is 9.90 Å². The minimum Gasteiger partial charge on any atom is -0.301 e. The Bertz CT molecular complexity index is 442. The highest BCUT2D eigenvalue weighted by atomic mass is 35.5. The molecular weight excluding hydrogens is 301 g/mol.